The maximum absolute atomic E-state index is 4.35. The summed E-state index contributed by atoms with van der Waals surface area (Å²) in [4.78, 5) is 2.39. The molecular weight excluding hydrogens is 148 g/mol. The predicted molar refractivity (Wildman–Crippen MR) is 48.0 cm³/mol. The fourth-order valence-electron chi connectivity index (χ4n) is 1.12. The first kappa shape index (κ1) is 7.55. The summed E-state index contributed by atoms with van der Waals surface area (Å²) < 4.78 is 0. The molecule has 9 heavy (non-hydrogen) atoms. The Morgan fingerprint density at radius 1 is 1.44 bits per heavy atom. The molecule has 1 aliphatic carbocycles. The third kappa shape index (κ3) is 1.68. The maximum atomic E-state index is 4.35. The summed E-state index contributed by atoms with van der Waals surface area (Å²) in [5.74, 6) is 0.648. The van der Waals surface area contributed by atoms with Gasteiger partial charge in [0.25, 0.3) is 0 Å². The predicted octanol–water partition coefficient (Wildman–Crippen LogP) is 2.88. The van der Waals surface area contributed by atoms with Crippen molar-refractivity contribution >= 4 is 25.3 Å². The van der Waals surface area contributed by atoms with E-state index in [0.717, 1.165) is 6.42 Å². The van der Waals surface area contributed by atoms with Crippen molar-refractivity contribution in [2.75, 3.05) is 0 Å². The van der Waals surface area contributed by atoms with Gasteiger partial charge in [-0.1, -0.05) is 6.92 Å². The van der Waals surface area contributed by atoms with Gasteiger partial charge in [-0.25, -0.2) is 0 Å². The van der Waals surface area contributed by atoms with Gasteiger partial charge in [0.1, 0.15) is 0 Å². The smallest absolute Gasteiger partial charge is 0.00635 e. The first-order chi connectivity index (χ1) is 4.22. The molecule has 1 aliphatic rings. The van der Waals surface area contributed by atoms with E-state index in [1.807, 2.05) is 0 Å². The zero-order valence-electron chi connectivity index (χ0n) is 5.59. The Morgan fingerprint density at radius 3 is 2.56 bits per heavy atom. The molecule has 0 amide bonds. The molecule has 1 rings (SSSR count). The van der Waals surface area contributed by atoms with Gasteiger partial charge in [-0.15, -0.1) is 25.3 Å². The third-order valence-electron chi connectivity index (χ3n) is 1.81. The summed E-state index contributed by atoms with van der Waals surface area (Å²) in [6, 6.07) is 0. The minimum absolute atomic E-state index is 0.648. The summed E-state index contributed by atoms with van der Waals surface area (Å²) in [6.45, 7) is 2.21. The summed E-state index contributed by atoms with van der Waals surface area (Å²) >= 11 is 8.67. The Morgan fingerprint density at radius 2 is 2.11 bits per heavy atom. The molecule has 52 valence electrons. The second-order valence-electron chi connectivity index (χ2n) is 2.63. The second-order valence-corrected chi connectivity index (χ2v) is 3.65. The third-order valence-corrected chi connectivity index (χ3v) is 3.16. The molecule has 0 fully saturated rings. The summed E-state index contributed by atoms with van der Waals surface area (Å²) in [6.07, 6.45) is 3.69. The average molecular weight is 160 g/mol. The van der Waals surface area contributed by atoms with Crippen LogP contribution in [0.5, 0.6) is 0 Å². The van der Waals surface area contributed by atoms with Gasteiger partial charge in [0.05, 0.1) is 0 Å². The molecule has 2 heteroatoms. The number of rotatable bonds is 0. The van der Waals surface area contributed by atoms with E-state index >= 15 is 0 Å². The molecule has 0 spiro atoms. The van der Waals surface area contributed by atoms with Crippen LogP contribution in [0.15, 0.2) is 9.81 Å². The fourth-order valence-corrected chi connectivity index (χ4v) is 1.74. The molecule has 1 unspecified atom stereocenters. The zero-order chi connectivity index (χ0) is 6.85. The van der Waals surface area contributed by atoms with E-state index < -0.39 is 0 Å². The number of allylic oxidation sites excluding steroid dienone is 2. The lowest BCUT2D eigenvalue weighted by atomic mass is 9.97. The molecular formula is C7H12S2. The molecule has 0 aromatic rings. The zero-order valence-corrected chi connectivity index (χ0v) is 7.38. The molecule has 0 saturated heterocycles. The Kier molecular flexibility index (Phi) is 2.53. The van der Waals surface area contributed by atoms with Crippen LogP contribution < -0.4 is 0 Å². The van der Waals surface area contributed by atoms with Gasteiger partial charge in [-0.2, -0.15) is 0 Å². The van der Waals surface area contributed by atoms with Gasteiger partial charge in [0, 0.05) is 0 Å². The molecule has 0 nitrogen and oxygen atoms in total. The largest absolute Gasteiger partial charge is 0.147 e. The van der Waals surface area contributed by atoms with Crippen LogP contribution in [0.2, 0.25) is 0 Å². The van der Waals surface area contributed by atoms with E-state index in [9.17, 15) is 0 Å². The van der Waals surface area contributed by atoms with Crippen molar-refractivity contribution in [2.45, 2.75) is 26.2 Å². The SMILES string of the molecule is CC1CCCC(S)=C1S. The minimum Gasteiger partial charge on any atom is -0.147 e. The van der Waals surface area contributed by atoms with Gasteiger partial charge in [-0.3, -0.25) is 0 Å². The van der Waals surface area contributed by atoms with Gasteiger partial charge in [-0.05, 0) is 35.0 Å². The van der Waals surface area contributed by atoms with Crippen LogP contribution in [0.1, 0.15) is 26.2 Å². The van der Waals surface area contributed by atoms with Crippen LogP contribution in [0.4, 0.5) is 0 Å². The van der Waals surface area contributed by atoms with E-state index in [4.69, 9.17) is 0 Å². The normalized spacial score (nSPS) is 29.0. The quantitative estimate of drug-likeness (QED) is 0.500. The van der Waals surface area contributed by atoms with Crippen molar-refractivity contribution in [1.82, 2.24) is 0 Å². The van der Waals surface area contributed by atoms with Crippen LogP contribution in [0.3, 0.4) is 0 Å². The Labute approximate surface area is 67.5 Å². The van der Waals surface area contributed by atoms with Crippen molar-refractivity contribution in [2.24, 2.45) is 5.92 Å². The molecule has 1 atom stereocenters. The minimum atomic E-state index is 0.648. The molecule has 0 saturated carbocycles. The van der Waals surface area contributed by atoms with Crippen molar-refractivity contribution in [3.8, 4) is 0 Å². The van der Waals surface area contributed by atoms with E-state index in [-0.39, 0.29) is 0 Å². The number of hydrogen-bond acceptors (Lipinski definition) is 2. The number of thiol groups is 2. The lowest BCUT2D eigenvalue weighted by molar-refractivity contribution is 0.573. The molecule has 0 bridgehead atoms. The molecule has 0 aromatic carbocycles. The van der Waals surface area contributed by atoms with Crippen molar-refractivity contribution in [3.05, 3.63) is 9.81 Å². The number of hydrogen-bond donors (Lipinski definition) is 2. The van der Waals surface area contributed by atoms with Crippen molar-refractivity contribution in [1.29, 1.82) is 0 Å². The second kappa shape index (κ2) is 3.02. The topological polar surface area (TPSA) is 0 Å². The van der Waals surface area contributed by atoms with Crippen LogP contribution in [-0.4, -0.2) is 0 Å². The highest BCUT2D eigenvalue weighted by atomic mass is 32.1. The average Bonchev–Trinajstić information content (AvgIpc) is 1.83. The standard InChI is InChI=1S/C7H12S2/c1-5-3-2-4-6(8)7(5)9/h5,8-9H,2-4H2,1H3. The molecule has 0 radical (unpaired) electrons. The van der Waals surface area contributed by atoms with Crippen LogP contribution in [0, 0.1) is 5.92 Å². The summed E-state index contributed by atoms with van der Waals surface area (Å²) in [5.41, 5.74) is 0. The van der Waals surface area contributed by atoms with Crippen LogP contribution in [0.25, 0.3) is 0 Å². The first-order valence-electron chi connectivity index (χ1n) is 3.33. The van der Waals surface area contributed by atoms with E-state index in [1.54, 1.807) is 0 Å². The molecule has 0 N–H and O–H groups in total. The Balaban J connectivity index is 2.72. The van der Waals surface area contributed by atoms with E-state index in [0.29, 0.717) is 5.92 Å². The summed E-state index contributed by atoms with van der Waals surface area (Å²) in [5, 5.41) is 0. The lowest BCUT2D eigenvalue weighted by Crippen LogP contribution is -2.02. The molecule has 0 heterocycles. The Bertz CT molecular complexity index is 138. The summed E-state index contributed by atoms with van der Waals surface area (Å²) in [7, 11) is 0. The van der Waals surface area contributed by atoms with Crippen molar-refractivity contribution < 1.29 is 0 Å². The maximum Gasteiger partial charge on any atom is -0.00635 e. The van der Waals surface area contributed by atoms with Gasteiger partial charge in [0.15, 0.2) is 0 Å². The monoisotopic (exact) mass is 160 g/mol. The Hall–Kier alpha value is 0.440. The van der Waals surface area contributed by atoms with Crippen LogP contribution in [-0.2, 0) is 0 Å². The molecule has 0 aliphatic heterocycles. The lowest BCUT2D eigenvalue weighted by Gasteiger charge is -2.19. The highest BCUT2D eigenvalue weighted by Gasteiger charge is 2.13. The first-order valence-corrected chi connectivity index (χ1v) is 4.22. The van der Waals surface area contributed by atoms with Crippen LogP contribution >= 0.6 is 25.3 Å². The van der Waals surface area contributed by atoms with Gasteiger partial charge >= 0.3 is 0 Å². The van der Waals surface area contributed by atoms with Gasteiger partial charge < -0.3 is 0 Å². The van der Waals surface area contributed by atoms with Crippen molar-refractivity contribution in [3.63, 3.8) is 0 Å². The van der Waals surface area contributed by atoms with E-state index in [2.05, 4.69) is 32.2 Å². The highest BCUT2D eigenvalue weighted by Crippen LogP contribution is 2.33. The fraction of sp³-hybridized carbons (Fsp3) is 0.714. The van der Waals surface area contributed by atoms with E-state index in [1.165, 1.54) is 22.7 Å². The molecule has 0 aromatic heterocycles. The highest BCUT2D eigenvalue weighted by molar-refractivity contribution is 7.88. The van der Waals surface area contributed by atoms with Gasteiger partial charge in [0.2, 0.25) is 0 Å².